The van der Waals surface area contributed by atoms with Crippen LogP contribution in [0.25, 0.3) is 11.4 Å². The zero-order valence-corrected chi connectivity index (χ0v) is 18.4. The van der Waals surface area contributed by atoms with Crippen LogP contribution >= 0.6 is 11.8 Å². The highest BCUT2D eigenvalue weighted by Crippen LogP contribution is 2.14. The molecule has 162 valence electrons. The molecule has 1 N–H and O–H groups in total. The van der Waals surface area contributed by atoms with E-state index >= 15 is 0 Å². The lowest BCUT2D eigenvalue weighted by molar-refractivity contribution is -0.116. The first-order valence-electron chi connectivity index (χ1n) is 10.8. The average Bonchev–Trinajstić information content (AvgIpc) is 3.29. The van der Waals surface area contributed by atoms with Crippen LogP contribution in [0.15, 0.2) is 54.6 Å². The number of aromatic nitrogens is 4. The number of carbonyl (C=O) groups is 1. The van der Waals surface area contributed by atoms with E-state index in [0.717, 1.165) is 24.2 Å². The monoisotopic (exact) mass is 436 g/mol. The van der Waals surface area contributed by atoms with Gasteiger partial charge in [-0.1, -0.05) is 42.5 Å². The van der Waals surface area contributed by atoms with Gasteiger partial charge in [-0.3, -0.25) is 4.79 Å². The third kappa shape index (κ3) is 6.63. The predicted octanol–water partition coefficient (Wildman–Crippen LogP) is 3.35. The Labute approximate surface area is 187 Å². The van der Waals surface area contributed by atoms with Gasteiger partial charge < -0.3 is 10.2 Å². The van der Waals surface area contributed by atoms with Crippen molar-refractivity contribution in [3.63, 3.8) is 0 Å². The summed E-state index contributed by atoms with van der Waals surface area (Å²) in [6.07, 6.45) is 2.12. The third-order valence-corrected chi connectivity index (χ3v) is 6.25. The number of aryl methyl sites for hydroxylation is 1. The molecule has 0 aliphatic carbocycles. The smallest absolute Gasteiger partial charge is 0.224 e. The van der Waals surface area contributed by atoms with Crippen molar-refractivity contribution >= 4 is 23.4 Å². The molecule has 0 spiro atoms. The normalized spacial score (nSPS) is 14.5. The molecule has 1 saturated heterocycles. The van der Waals surface area contributed by atoms with Crippen LogP contribution in [0.4, 0.5) is 5.69 Å². The van der Waals surface area contributed by atoms with E-state index in [1.165, 1.54) is 30.2 Å². The lowest BCUT2D eigenvalue weighted by atomic mass is 10.1. The molecule has 0 saturated carbocycles. The topological polar surface area (TPSA) is 75.9 Å². The molecule has 8 heteroatoms. The molecule has 2 aromatic carbocycles. The number of thioether (sulfide) groups is 1. The van der Waals surface area contributed by atoms with E-state index in [1.54, 1.807) is 4.80 Å². The van der Waals surface area contributed by atoms with Crippen LogP contribution in [0, 0.1) is 0 Å². The van der Waals surface area contributed by atoms with Crippen LogP contribution in [0.2, 0.25) is 0 Å². The maximum Gasteiger partial charge on any atom is 0.224 e. The number of amides is 1. The van der Waals surface area contributed by atoms with Crippen molar-refractivity contribution in [3.8, 4) is 11.4 Å². The Hall–Kier alpha value is -2.71. The molecule has 0 unspecified atom stereocenters. The summed E-state index contributed by atoms with van der Waals surface area (Å²) in [5.41, 5.74) is 3.08. The highest BCUT2D eigenvalue weighted by Gasteiger charge is 2.10. The van der Waals surface area contributed by atoms with Gasteiger partial charge in [0.25, 0.3) is 0 Å². The van der Waals surface area contributed by atoms with Crippen LogP contribution in [0.5, 0.6) is 0 Å². The average molecular weight is 437 g/mol. The minimum Gasteiger partial charge on any atom is -0.326 e. The number of anilines is 1. The van der Waals surface area contributed by atoms with E-state index < -0.39 is 0 Å². The van der Waals surface area contributed by atoms with Crippen LogP contribution in [0.1, 0.15) is 18.4 Å². The minimum atomic E-state index is 0.00182. The molecule has 2 heterocycles. The maximum absolute atomic E-state index is 12.3. The number of hydrogen-bond acceptors (Lipinski definition) is 6. The molecule has 1 amide bonds. The van der Waals surface area contributed by atoms with E-state index in [9.17, 15) is 4.79 Å². The Bertz CT molecular complexity index is 954. The summed E-state index contributed by atoms with van der Waals surface area (Å²) in [7, 11) is 0. The number of hydrogen-bond donors (Lipinski definition) is 1. The highest BCUT2D eigenvalue weighted by molar-refractivity contribution is 7.99. The number of rotatable bonds is 9. The van der Waals surface area contributed by atoms with Crippen molar-refractivity contribution in [2.75, 3.05) is 36.5 Å². The molecule has 0 radical (unpaired) electrons. The van der Waals surface area contributed by atoms with Crippen LogP contribution in [0.3, 0.4) is 0 Å². The Morgan fingerprint density at radius 2 is 1.77 bits per heavy atom. The molecule has 31 heavy (non-hydrogen) atoms. The minimum absolute atomic E-state index is 0.00182. The van der Waals surface area contributed by atoms with Crippen molar-refractivity contribution in [2.45, 2.75) is 25.8 Å². The Kier molecular flexibility index (Phi) is 7.68. The predicted molar refractivity (Wildman–Crippen MR) is 125 cm³/mol. The lowest BCUT2D eigenvalue weighted by Crippen LogP contribution is -2.34. The van der Waals surface area contributed by atoms with Gasteiger partial charge in [-0.15, -0.1) is 10.2 Å². The molecule has 1 aliphatic rings. The number of nitrogens with one attached hydrogen (secondary N) is 1. The summed E-state index contributed by atoms with van der Waals surface area (Å²) < 4.78 is 0. The molecule has 7 nitrogen and oxygen atoms in total. The van der Waals surface area contributed by atoms with E-state index in [2.05, 4.69) is 37.8 Å². The van der Waals surface area contributed by atoms with Crippen molar-refractivity contribution in [1.82, 2.24) is 25.1 Å². The Balaban J connectivity index is 1.17. The summed E-state index contributed by atoms with van der Waals surface area (Å²) in [5, 5.41) is 15.5. The number of tetrazole rings is 1. The summed E-state index contributed by atoms with van der Waals surface area (Å²) in [6, 6.07) is 17.9. The van der Waals surface area contributed by atoms with Crippen LogP contribution < -0.4 is 5.32 Å². The van der Waals surface area contributed by atoms with Gasteiger partial charge >= 0.3 is 0 Å². The van der Waals surface area contributed by atoms with Crippen molar-refractivity contribution in [2.24, 2.45) is 0 Å². The maximum atomic E-state index is 12.3. The first-order chi connectivity index (χ1) is 15.3. The molecular formula is C23H28N6OS. The highest BCUT2D eigenvalue weighted by atomic mass is 32.2. The summed E-state index contributed by atoms with van der Waals surface area (Å²) in [4.78, 5) is 16.3. The molecular weight excluding hydrogens is 408 g/mol. The van der Waals surface area contributed by atoms with Gasteiger partial charge in [-0.2, -0.15) is 16.6 Å². The molecule has 1 aliphatic heterocycles. The van der Waals surface area contributed by atoms with Gasteiger partial charge in [0.15, 0.2) is 0 Å². The van der Waals surface area contributed by atoms with E-state index in [-0.39, 0.29) is 5.91 Å². The van der Waals surface area contributed by atoms with Gasteiger partial charge in [-0.25, -0.2) is 0 Å². The standard InChI is InChI=1S/C23H28N6OS/c30-22(7-4-13-29-26-23(25-27-29)20-5-2-1-3-6-20)24-21-10-8-19(9-11-21)12-14-28-15-17-31-18-16-28/h1-3,5-6,8-11H,4,7,12-18H2,(H,24,30). The van der Waals surface area contributed by atoms with Crippen LogP contribution in [-0.4, -0.2) is 62.2 Å². The van der Waals surface area contributed by atoms with E-state index in [4.69, 9.17) is 0 Å². The van der Waals surface area contributed by atoms with Gasteiger partial charge in [0, 0.05) is 48.8 Å². The fourth-order valence-electron chi connectivity index (χ4n) is 3.51. The van der Waals surface area contributed by atoms with Gasteiger partial charge in [-0.05, 0) is 35.8 Å². The second-order valence-electron chi connectivity index (χ2n) is 7.63. The van der Waals surface area contributed by atoms with Gasteiger partial charge in [0.1, 0.15) is 0 Å². The fraction of sp³-hybridized carbons (Fsp3) is 0.391. The second-order valence-corrected chi connectivity index (χ2v) is 8.85. The number of nitrogens with zero attached hydrogens (tertiary/aromatic N) is 5. The number of carbonyl (C=O) groups excluding carboxylic acids is 1. The summed E-state index contributed by atoms with van der Waals surface area (Å²) in [6.45, 7) is 4.04. The Morgan fingerprint density at radius 3 is 2.55 bits per heavy atom. The molecule has 1 aromatic heterocycles. The molecule has 4 rings (SSSR count). The van der Waals surface area contributed by atoms with Crippen LogP contribution in [-0.2, 0) is 17.8 Å². The summed E-state index contributed by atoms with van der Waals surface area (Å²) in [5.74, 6) is 3.09. The van der Waals surface area contributed by atoms with E-state index in [0.29, 0.717) is 25.2 Å². The molecule has 0 bridgehead atoms. The molecule has 1 fully saturated rings. The van der Waals surface area contributed by atoms with E-state index in [1.807, 2.05) is 54.2 Å². The van der Waals surface area contributed by atoms with Gasteiger partial charge in [0.05, 0.1) is 6.54 Å². The first-order valence-corrected chi connectivity index (χ1v) is 11.9. The summed E-state index contributed by atoms with van der Waals surface area (Å²) >= 11 is 2.04. The Morgan fingerprint density at radius 1 is 1.00 bits per heavy atom. The van der Waals surface area contributed by atoms with Crippen molar-refractivity contribution in [3.05, 3.63) is 60.2 Å². The zero-order valence-electron chi connectivity index (χ0n) is 17.6. The van der Waals surface area contributed by atoms with Gasteiger partial charge in [0.2, 0.25) is 11.7 Å². The lowest BCUT2D eigenvalue weighted by Gasteiger charge is -2.26. The van der Waals surface area contributed by atoms with Crippen molar-refractivity contribution < 1.29 is 4.79 Å². The van der Waals surface area contributed by atoms with Crippen molar-refractivity contribution in [1.29, 1.82) is 0 Å². The molecule has 0 atom stereocenters. The molecule has 3 aromatic rings. The second kappa shape index (κ2) is 11.1. The SMILES string of the molecule is O=C(CCCn1nnc(-c2ccccc2)n1)Nc1ccc(CCN2CCSCC2)cc1. The quantitative estimate of drug-likeness (QED) is 0.554. The zero-order chi connectivity index (χ0) is 21.3. The third-order valence-electron chi connectivity index (χ3n) is 5.30. The fourth-order valence-corrected chi connectivity index (χ4v) is 4.49. The first kappa shape index (κ1) is 21.5. The number of benzene rings is 2. The largest absolute Gasteiger partial charge is 0.326 e.